The summed E-state index contributed by atoms with van der Waals surface area (Å²) in [5, 5.41) is 12.1. The van der Waals surface area contributed by atoms with Crippen molar-refractivity contribution in [3.63, 3.8) is 0 Å². The van der Waals surface area contributed by atoms with Gasteiger partial charge in [0.1, 0.15) is 0 Å². The monoisotopic (exact) mass is 303 g/mol. The Morgan fingerprint density at radius 3 is 2.71 bits per heavy atom. The molecule has 0 aromatic heterocycles. The molecular formula is C14H16F3NO3. The highest BCUT2D eigenvalue weighted by Crippen LogP contribution is 2.32. The average molecular weight is 303 g/mol. The smallest absolute Gasteiger partial charge is 0.416 e. The quantitative estimate of drug-likeness (QED) is 0.898. The van der Waals surface area contributed by atoms with Gasteiger partial charge in [-0.15, -0.1) is 0 Å². The maximum atomic E-state index is 12.6. The van der Waals surface area contributed by atoms with Crippen LogP contribution in [0.1, 0.15) is 35.7 Å². The van der Waals surface area contributed by atoms with E-state index in [1.54, 1.807) is 0 Å². The lowest BCUT2D eigenvalue weighted by molar-refractivity contribution is -0.137. The van der Waals surface area contributed by atoms with Crippen LogP contribution in [0.3, 0.4) is 0 Å². The van der Waals surface area contributed by atoms with Gasteiger partial charge in [0.05, 0.1) is 17.2 Å². The van der Waals surface area contributed by atoms with Gasteiger partial charge in [0.2, 0.25) is 0 Å². The number of hydrogen-bond acceptors (Lipinski definition) is 3. The molecule has 1 saturated heterocycles. The summed E-state index contributed by atoms with van der Waals surface area (Å²) < 4.78 is 43.3. The van der Waals surface area contributed by atoms with Gasteiger partial charge in [-0.05, 0) is 38.0 Å². The summed E-state index contributed by atoms with van der Waals surface area (Å²) in [6.45, 7) is 2.45. The van der Waals surface area contributed by atoms with Gasteiger partial charge in [0, 0.05) is 18.3 Å². The van der Waals surface area contributed by atoms with Crippen molar-refractivity contribution in [1.29, 1.82) is 0 Å². The van der Waals surface area contributed by atoms with Crippen LogP contribution in [-0.2, 0) is 10.9 Å². The molecule has 1 aromatic carbocycles. The fourth-order valence-electron chi connectivity index (χ4n) is 2.37. The Bertz CT molecular complexity index is 531. The molecule has 0 bridgehead atoms. The zero-order valence-corrected chi connectivity index (χ0v) is 11.4. The van der Waals surface area contributed by atoms with Gasteiger partial charge >= 0.3 is 12.1 Å². The highest BCUT2D eigenvalue weighted by Gasteiger charge is 2.32. The summed E-state index contributed by atoms with van der Waals surface area (Å²) in [4.78, 5) is 11.2. The van der Waals surface area contributed by atoms with Crippen molar-refractivity contribution in [2.75, 3.05) is 11.9 Å². The van der Waals surface area contributed by atoms with Crippen LogP contribution in [-0.4, -0.2) is 29.8 Å². The fourth-order valence-corrected chi connectivity index (χ4v) is 2.37. The predicted molar refractivity (Wildman–Crippen MR) is 70.5 cm³/mol. The lowest BCUT2D eigenvalue weighted by atomic mass is 10.0. The van der Waals surface area contributed by atoms with E-state index in [9.17, 15) is 18.0 Å². The van der Waals surface area contributed by atoms with Crippen LogP contribution in [0.15, 0.2) is 18.2 Å². The third kappa shape index (κ3) is 3.87. The minimum Gasteiger partial charge on any atom is -0.478 e. The van der Waals surface area contributed by atoms with E-state index in [0.29, 0.717) is 25.5 Å². The summed E-state index contributed by atoms with van der Waals surface area (Å²) >= 11 is 0. The summed E-state index contributed by atoms with van der Waals surface area (Å²) in [5.41, 5.74) is -1.13. The molecule has 0 saturated carbocycles. The first kappa shape index (κ1) is 15.6. The molecular weight excluding hydrogens is 287 g/mol. The van der Waals surface area contributed by atoms with Gasteiger partial charge in [-0.1, -0.05) is 0 Å². The van der Waals surface area contributed by atoms with E-state index in [4.69, 9.17) is 9.84 Å². The van der Waals surface area contributed by atoms with Crippen molar-refractivity contribution in [1.82, 2.24) is 0 Å². The topological polar surface area (TPSA) is 58.6 Å². The molecule has 1 aliphatic heterocycles. The van der Waals surface area contributed by atoms with Crippen LogP contribution in [0.4, 0.5) is 18.9 Å². The van der Waals surface area contributed by atoms with Crippen LogP contribution in [0.25, 0.3) is 0 Å². The molecule has 0 amide bonds. The van der Waals surface area contributed by atoms with Crippen molar-refractivity contribution in [3.05, 3.63) is 29.3 Å². The minimum atomic E-state index is -4.56. The first-order valence-electron chi connectivity index (χ1n) is 6.60. The van der Waals surface area contributed by atoms with Crippen molar-refractivity contribution in [3.8, 4) is 0 Å². The van der Waals surface area contributed by atoms with Crippen molar-refractivity contribution in [2.24, 2.45) is 0 Å². The number of nitrogens with one attached hydrogen (secondary N) is 1. The number of rotatable bonds is 3. The van der Waals surface area contributed by atoms with Crippen LogP contribution in [0, 0.1) is 0 Å². The number of carboxylic acids is 1. The fraction of sp³-hybridized carbons (Fsp3) is 0.500. The number of carbonyl (C=O) groups is 1. The van der Waals surface area contributed by atoms with Crippen molar-refractivity contribution < 1.29 is 27.8 Å². The van der Waals surface area contributed by atoms with E-state index in [-0.39, 0.29) is 23.4 Å². The minimum absolute atomic E-state index is 0.0106. The standard InChI is InChI=1S/C14H16F3NO3/c1-8-6-10(4-5-21-8)18-12-3-2-9(14(15,16)17)7-11(12)13(19)20/h2-3,7-8,10,18H,4-6H2,1H3,(H,19,20). The van der Waals surface area contributed by atoms with Gasteiger partial charge in [0.25, 0.3) is 0 Å². The van der Waals surface area contributed by atoms with E-state index in [1.807, 2.05) is 6.92 Å². The first-order valence-corrected chi connectivity index (χ1v) is 6.60. The molecule has 1 fully saturated rings. The maximum absolute atomic E-state index is 12.6. The molecule has 7 heteroatoms. The summed E-state index contributed by atoms with van der Waals surface area (Å²) in [6, 6.07) is 2.71. The normalized spacial score (nSPS) is 22.9. The largest absolute Gasteiger partial charge is 0.478 e. The van der Waals surface area contributed by atoms with Gasteiger partial charge in [0.15, 0.2) is 0 Å². The van der Waals surface area contributed by atoms with Crippen molar-refractivity contribution >= 4 is 11.7 Å². The molecule has 21 heavy (non-hydrogen) atoms. The molecule has 1 aliphatic rings. The number of hydrogen-bond donors (Lipinski definition) is 2. The summed E-state index contributed by atoms with van der Waals surface area (Å²) in [5.74, 6) is -1.39. The SMILES string of the molecule is CC1CC(Nc2ccc(C(F)(F)F)cc2C(=O)O)CCO1. The molecule has 0 spiro atoms. The van der Waals surface area contributed by atoms with Crippen LogP contribution < -0.4 is 5.32 Å². The predicted octanol–water partition coefficient (Wildman–Crippen LogP) is 3.38. The molecule has 0 aliphatic carbocycles. The van der Waals surface area contributed by atoms with Crippen LogP contribution >= 0.6 is 0 Å². The third-order valence-electron chi connectivity index (χ3n) is 3.42. The van der Waals surface area contributed by atoms with E-state index in [1.165, 1.54) is 6.07 Å². The molecule has 0 radical (unpaired) electrons. The van der Waals surface area contributed by atoms with Crippen LogP contribution in [0.2, 0.25) is 0 Å². The Labute approximate surface area is 119 Å². The molecule has 2 rings (SSSR count). The molecule has 2 unspecified atom stereocenters. The third-order valence-corrected chi connectivity index (χ3v) is 3.42. The Morgan fingerprint density at radius 1 is 1.43 bits per heavy atom. The Balaban J connectivity index is 2.24. The Morgan fingerprint density at radius 2 is 2.14 bits per heavy atom. The molecule has 1 aromatic rings. The number of aromatic carboxylic acids is 1. The number of alkyl halides is 3. The summed E-state index contributed by atoms with van der Waals surface area (Å²) in [6.07, 6.45) is -3.15. The molecule has 2 N–H and O–H groups in total. The highest BCUT2D eigenvalue weighted by molar-refractivity contribution is 5.94. The second-order valence-electron chi connectivity index (χ2n) is 5.11. The summed E-state index contributed by atoms with van der Waals surface area (Å²) in [7, 11) is 0. The maximum Gasteiger partial charge on any atom is 0.416 e. The van der Waals surface area contributed by atoms with E-state index >= 15 is 0 Å². The van der Waals surface area contributed by atoms with Gasteiger partial charge < -0.3 is 15.2 Å². The number of benzene rings is 1. The zero-order chi connectivity index (χ0) is 15.6. The molecule has 4 nitrogen and oxygen atoms in total. The van der Waals surface area contributed by atoms with Crippen molar-refractivity contribution in [2.45, 2.75) is 38.1 Å². The number of ether oxygens (including phenoxy) is 1. The van der Waals surface area contributed by atoms with E-state index in [0.717, 1.165) is 6.07 Å². The highest BCUT2D eigenvalue weighted by atomic mass is 19.4. The number of anilines is 1. The molecule has 116 valence electrons. The number of carboxylic acid groups (broad SMARTS) is 1. The second-order valence-corrected chi connectivity index (χ2v) is 5.11. The molecule has 2 atom stereocenters. The van der Waals surface area contributed by atoms with Crippen LogP contribution in [0.5, 0.6) is 0 Å². The Hall–Kier alpha value is -1.76. The Kier molecular flexibility index (Phi) is 4.41. The van der Waals surface area contributed by atoms with E-state index < -0.39 is 17.7 Å². The first-order chi connectivity index (χ1) is 9.77. The van der Waals surface area contributed by atoms with Gasteiger partial charge in [-0.2, -0.15) is 13.2 Å². The van der Waals surface area contributed by atoms with E-state index in [2.05, 4.69) is 5.32 Å². The van der Waals surface area contributed by atoms with Gasteiger partial charge in [-0.25, -0.2) is 4.79 Å². The average Bonchev–Trinajstić information content (AvgIpc) is 2.37. The second kappa shape index (κ2) is 5.93. The lowest BCUT2D eigenvalue weighted by Gasteiger charge is -2.29. The number of halogens is 3. The van der Waals surface area contributed by atoms with Gasteiger partial charge in [-0.3, -0.25) is 0 Å². The lowest BCUT2D eigenvalue weighted by Crippen LogP contribution is -2.33. The molecule has 1 heterocycles. The zero-order valence-electron chi connectivity index (χ0n) is 11.4.